The number of hydrogen-bond donors (Lipinski definition) is 2. The highest BCUT2D eigenvalue weighted by Crippen LogP contribution is 2.25. The molecule has 1 heterocycles. The van der Waals surface area contributed by atoms with Crippen LogP contribution in [0.15, 0.2) is 22.7 Å². The van der Waals surface area contributed by atoms with Crippen LogP contribution in [0.5, 0.6) is 0 Å². The van der Waals surface area contributed by atoms with Gasteiger partial charge in [0.05, 0.1) is 0 Å². The molecule has 0 aliphatic rings. The Morgan fingerprint density at radius 2 is 1.79 bits per heavy atom. The molecule has 1 aromatic heterocycles. The second-order valence-corrected chi connectivity index (χ2v) is 6.68. The van der Waals surface area contributed by atoms with Crippen molar-refractivity contribution in [2.45, 2.75) is 12.2 Å². The van der Waals surface area contributed by atoms with Crippen molar-refractivity contribution >= 4 is 21.2 Å². The lowest BCUT2D eigenvalue weighted by atomic mass is 10.2. The lowest BCUT2D eigenvalue weighted by Crippen LogP contribution is -2.09. The average molecular weight is 282 g/mol. The van der Waals surface area contributed by atoms with Crippen molar-refractivity contribution < 1.29 is 12.9 Å². The number of nitrogen functional groups attached to an aromatic ring is 2. The van der Waals surface area contributed by atoms with Crippen molar-refractivity contribution in [3.05, 3.63) is 24.0 Å². The normalized spacial score (nSPS) is 13.4. The first-order valence-corrected chi connectivity index (χ1v) is 7.41. The molecule has 8 heteroatoms. The maximum absolute atomic E-state index is 11.4. The van der Waals surface area contributed by atoms with Crippen LogP contribution < -0.4 is 11.5 Å². The van der Waals surface area contributed by atoms with E-state index in [0.717, 1.165) is 6.26 Å². The average Bonchev–Trinajstić information content (AvgIpc) is 2.74. The van der Waals surface area contributed by atoms with Crippen LogP contribution in [-0.4, -0.2) is 24.8 Å². The summed E-state index contributed by atoms with van der Waals surface area (Å²) in [4.78, 5) is 4.06. The molecule has 0 fully saturated rings. The molecule has 4 N–H and O–H groups in total. The predicted molar refractivity (Wildman–Crippen MR) is 71.8 cm³/mol. The molecular weight excluding hydrogens is 268 g/mol. The topological polar surface area (TPSA) is 125 Å². The molecule has 7 nitrogen and oxygen atoms in total. The quantitative estimate of drug-likeness (QED) is 0.804. The number of benzene rings is 1. The fourth-order valence-electron chi connectivity index (χ4n) is 1.51. The van der Waals surface area contributed by atoms with Crippen LogP contribution in [0.1, 0.15) is 18.0 Å². The maximum atomic E-state index is 11.4. The van der Waals surface area contributed by atoms with Crippen LogP contribution in [0.2, 0.25) is 0 Å². The second kappa shape index (κ2) is 4.54. The fraction of sp³-hybridized carbons (Fsp3) is 0.273. The molecule has 0 radical (unpaired) electrons. The molecule has 0 amide bonds. The van der Waals surface area contributed by atoms with Gasteiger partial charge in [-0.3, -0.25) is 0 Å². The van der Waals surface area contributed by atoms with E-state index in [2.05, 4.69) is 10.1 Å². The van der Waals surface area contributed by atoms with E-state index in [9.17, 15) is 8.42 Å². The standard InChI is InChI=1S/C11H14N4O3S/c1-6(19(2,16)17)10-14-11(18-15-10)7-3-8(12)5-9(13)4-7/h3-6H,12-13H2,1-2H3. The van der Waals surface area contributed by atoms with Crippen LogP contribution in [0.4, 0.5) is 11.4 Å². The summed E-state index contributed by atoms with van der Waals surface area (Å²) < 4.78 is 27.9. The fourth-order valence-corrected chi connectivity index (χ4v) is 1.99. The Hall–Kier alpha value is -2.09. The molecule has 0 aliphatic heterocycles. The Kier molecular flexibility index (Phi) is 3.19. The molecule has 2 rings (SSSR count). The molecule has 2 aromatic rings. The second-order valence-electron chi connectivity index (χ2n) is 4.32. The summed E-state index contributed by atoms with van der Waals surface area (Å²) in [6.07, 6.45) is 1.12. The lowest BCUT2D eigenvalue weighted by Gasteiger charge is -2.02. The molecule has 19 heavy (non-hydrogen) atoms. The Morgan fingerprint density at radius 1 is 1.21 bits per heavy atom. The van der Waals surface area contributed by atoms with Crippen LogP contribution in [-0.2, 0) is 9.84 Å². The van der Waals surface area contributed by atoms with Gasteiger partial charge < -0.3 is 16.0 Å². The van der Waals surface area contributed by atoms with Gasteiger partial charge in [-0.05, 0) is 25.1 Å². The third kappa shape index (κ3) is 2.84. The molecule has 102 valence electrons. The molecular formula is C11H14N4O3S. The minimum absolute atomic E-state index is 0.110. The van der Waals surface area contributed by atoms with E-state index in [-0.39, 0.29) is 11.7 Å². The molecule has 0 saturated carbocycles. The molecule has 0 saturated heterocycles. The number of nitrogens with two attached hydrogens (primary N) is 2. The van der Waals surface area contributed by atoms with Gasteiger partial charge in [0.15, 0.2) is 15.7 Å². The lowest BCUT2D eigenvalue weighted by molar-refractivity contribution is 0.422. The van der Waals surface area contributed by atoms with Gasteiger partial charge in [0, 0.05) is 23.2 Å². The monoisotopic (exact) mass is 282 g/mol. The number of rotatable bonds is 3. The summed E-state index contributed by atoms with van der Waals surface area (Å²) in [5, 5.41) is 2.84. The highest BCUT2D eigenvalue weighted by Gasteiger charge is 2.23. The first-order valence-electron chi connectivity index (χ1n) is 5.46. The largest absolute Gasteiger partial charge is 0.399 e. The van der Waals surface area contributed by atoms with E-state index in [1.165, 1.54) is 6.92 Å². The minimum atomic E-state index is -3.28. The molecule has 0 aliphatic carbocycles. The van der Waals surface area contributed by atoms with Crippen LogP contribution in [0, 0.1) is 0 Å². The smallest absolute Gasteiger partial charge is 0.258 e. The summed E-state index contributed by atoms with van der Waals surface area (Å²) in [6.45, 7) is 1.50. The van der Waals surface area contributed by atoms with Crippen LogP contribution >= 0.6 is 0 Å². The highest BCUT2D eigenvalue weighted by atomic mass is 32.2. The van der Waals surface area contributed by atoms with Gasteiger partial charge in [-0.25, -0.2) is 8.42 Å². The Morgan fingerprint density at radius 3 is 2.32 bits per heavy atom. The Bertz CT molecular complexity index is 688. The van der Waals surface area contributed by atoms with Crippen molar-refractivity contribution in [3.63, 3.8) is 0 Å². The van der Waals surface area contributed by atoms with E-state index in [0.29, 0.717) is 16.9 Å². The SMILES string of the molecule is CC(c1noc(-c2cc(N)cc(N)c2)n1)S(C)(=O)=O. The first kappa shape index (κ1) is 13.3. The number of aromatic nitrogens is 2. The predicted octanol–water partition coefficient (Wildman–Crippen LogP) is 1.01. The number of anilines is 2. The van der Waals surface area contributed by atoms with E-state index in [1.807, 2.05) is 0 Å². The van der Waals surface area contributed by atoms with Gasteiger partial charge in [-0.15, -0.1) is 0 Å². The number of nitrogens with zero attached hydrogens (tertiary/aromatic N) is 2. The summed E-state index contributed by atoms with van der Waals surface area (Å²) in [5.74, 6) is 0.294. The van der Waals surface area contributed by atoms with Gasteiger partial charge in [0.1, 0.15) is 5.25 Å². The van der Waals surface area contributed by atoms with Gasteiger partial charge in [0.25, 0.3) is 5.89 Å². The van der Waals surface area contributed by atoms with E-state index in [4.69, 9.17) is 16.0 Å². The van der Waals surface area contributed by atoms with E-state index in [1.54, 1.807) is 18.2 Å². The summed E-state index contributed by atoms with van der Waals surface area (Å²) in [6, 6.07) is 4.84. The maximum Gasteiger partial charge on any atom is 0.258 e. The molecule has 1 aromatic carbocycles. The Labute approximate surface area is 110 Å². The molecule has 0 spiro atoms. The Balaban J connectivity index is 2.41. The third-order valence-corrected chi connectivity index (χ3v) is 4.17. The molecule has 1 atom stereocenters. The van der Waals surface area contributed by atoms with Crippen molar-refractivity contribution in [2.24, 2.45) is 0 Å². The van der Waals surface area contributed by atoms with E-state index < -0.39 is 15.1 Å². The van der Waals surface area contributed by atoms with Crippen molar-refractivity contribution in [3.8, 4) is 11.5 Å². The van der Waals surface area contributed by atoms with Gasteiger partial charge >= 0.3 is 0 Å². The van der Waals surface area contributed by atoms with E-state index >= 15 is 0 Å². The zero-order valence-electron chi connectivity index (χ0n) is 10.5. The van der Waals surface area contributed by atoms with Crippen molar-refractivity contribution in [2.75, 3.05) is 17.7 Å². The number of sulfone groups is 1. The zero-order valence-corrected chi connectivity index (χ0v) is 11.3. The molecule has 0 bridgehead atoms. The zero-order chi connectivity index (χ0) is 14.2. The van der Waals surface area contributed by atoms with Crippen molar-refractivity contribution in [1.82, 2.24) is 10.1 Å². The van der Waals surface area contributed by atoms with Gasteiger partial charge in [-0.2, -0.15) is 4.98 Å². The van der Waals surface area contributed by atoms with Crippen LogP contribution in [0.25, 0.3) is 11.5 Å². The summed E-state index contributed by atoms with van der Waals surface area (Å²) in [5.41, 5.74) is 12.8. The van der Waals surface area contributed by atoms with Gasteiger partial charge in [-0.1, -0.05) is 5.16 Å². The van der Waals surface area contributed by atoms with Crippen molar-refractivity contribution in [1.29, 1.82) is 0 Å². The summed E-state index contributed by atoms with van der Waals surface area (Å²) >= 11 is 0. The first-order chi connectivity index (χ1) is 8.77. The van der Waals surface area contributed by atoms with Gasteiger partial charge in [0.2, 0.25) is 0 Å². The summed E-state index contributed by atoms with van der Waals surface area (Å²) in [7, 11) is -3.28. The molecule has 1 unspecified atom stereocenters. The number of hydrogen-bond acceptors (Lipinski definition) is 7. The third-order valence-electron chi connectivity index (χ3n) is 2.67. The van der Waals surface area contributed by atoms with Crippen LogP contribution in [0.3, 0.4) is 0 Å². The minimum Gasteiger partial charge on any atom is -0.399 e. The highest BCUT2D eigenvalue weighted by molar-refractivity contribution is 7.90.